The van der Waals surface area contributed by atoms with Crippen molar-refractivity contribution in [2.75, 3.05) is 31.1 Å². The molecule has 1 amide bonds. The molecule has 0 bridgehead atoms. The second-order valence-corrected chi connectivity index (χ2v) is 7.52. The van der Waals surface area contributed by atoms with E-state index in [0.29, 0.717) is 36.8 Å². The molecule has 0 unspecified atom stereocenters. The lowest BCUT2D eigenvalue weighted by Gasteiger charge is -2.38. The van der Waals surface area contributed by atoms with Crippen molar-refractivity contribution in [1.82, 2.24) is 15.6 Å². The number of fused-ring (bicyclic) bond motifs is 1. The van der Waals surface area contributed by atoms with Crippen LogP contribution >= 0.6 is 0 Å². The summed E-state index contributed by atoms with van der Waals surface area (Å²) in [5.74, 6) is -0.0682. The lowest BCUT2D eigenvalue weighted by molar-refractivity contribution is -0.137. The van der Waals surface area contributed by atoms with Crippen molar-refractivity contribution in [1.29, 1.82) is 5.26 Å². The molecule has 2 saturated heterocycles. The van der Waals surface area contributed by atoms with Gasteiger partial charge in [-0.1, -0.05) is 0 Å². The van der Waals surface area contributed by atoms with Crippen LogP contribution in [-0.2, 0) is 9.53 Å². The zero-order chi connectivity index (χ0) is 19.5. The third-order valence-corrected chi connectivity index (χ3v) is 5.45. The van der Waals surface area contributed by atoms with Crippen LogP contribution in [0.5, 0.6) is 0 Å². The zero-order valence-electron chi connectivity index (χ0n) is 16.0. The molecule has 28 heavy (non-hydrogen) atoms. The minimum absolute atomic E-state index is 0.0682. The Morgan fingerprint density at radius 3 is 3.11 bits per heavy atom. The number of morpholine rings is 1. The summed E-state index contributed by atoms with van der Waals surface area (Å²) in [6.45, 7) is 4.80. The predicted octanol–water partition coefficient (Wildman–Crippen LogP) is 1.57. The minimum Gasteiger partial charge on any atom is -0.365 e. The molecule has 1 aromatic carbocycles. The quantitative estimate of drug-likeness (QED) is 0.838. The zero-order valence-corrected chi connectivity index (χ0v) is 16.0. The Labute approximate surface area is 164 Å². The maximum Gasteiger partial charge on any atom is 0.251 e. The number of carbonyl (C=O) groups is 1. The van der Waals surface area contributed by atoms with Crippen molar-refractivity contribution in [2.45, 2.75) is 38.0 Å². The first-order chi connectivity index (χ1) is 13.7. The summed E-state index contributed by atoms with van der Waals surface area (Å²) in [7, 11) is 0. The number of nitrogens with one attached hydrogen (secondary N) is 2. The number of hydrogen-bond acceptors (Lipinski definition) is 6. The number of nitriles is 1. The van der Waals surface area contributed by atoms with E-state index in [1.165, 1.54) is 0 Å². The second kappa shape index (κ2) is 8.13. The fourth-order valence-corrected chi connectivity index (χ4v) is 4.09. The van der Waals surface area contributed by atoms with Crippen molar-refractivity contribution >= 4 is 22.5 Å². The number of benzene rings is 1. The molecule has 3 atom stereocenters. The summed E-state index contributed by atoms with van der Waals surface area (Å²) >= 11 is 0. The maximum absolute atomic E-state index is 12.7. The van der Waals surface area contributed by atoms with Crippen LogP contribution in [0, 0.1) is 11.3 Å². The van der Waals surface area contributed by atoms with E-state index in [1.807, 2.05) is 25.1 Å². The first-order valence-electron chi connectivity index (χ1n) is 9.85. The number of carbonyl (C=O) groups excluding carboxylic acids is 1. The number of aromatic nitrogens is 1. The number of anilines is 1. The molecule has 2 N–H and O–H groups in total. The molecule has 4 rings (SSSR count). The Balaban J connectivity index is 1.53. The molecule has 2 aliphatic heterocycles. The van der Waals surface area contributed by atoms with Gasteiger partial charge in [0.1, 0.15) is 6.07 Å². The Morgan fingerprint density at radius 1 is 1.43 bits per heavy atom. The standard InChI is InChI=1S/C21H25N5O2/c1-14-12-26(13-19(28-14)21(27)25-11-16-4-2-8-23-16)18-7-6-15(10-22)20-17(18)5-3-9-24-20/h3,5-7,9,14,16,19,23H,2,4,8,11-13H2,1H3,(H,25,27)/t14-,16+,19-/m1/s1. The van der Waals surface area contributed by atoms with E-state index in [2.05, 4.69) is 26.6 Å². The van der Waals surface area contributed by atoms with Crippen LogP contribution in [0.15, 0.2) is 30.5 Å². The molecule has 0 aliphatic carbocycles. The number of rotatable bonds is 4. The van der Waals surface area contributed by atoms with Crippen LogP contribution in [0.4, 0.5) is 5.69 Å². The summed E-state index contributed by atoms with van der Waals surface area (Å²) < 4.78 is 5.93. The van der Waals surface area contributed by atoms with Gasteiger partial charge in [0.2, 0.25) is 0 Å². The smallest absolute Gasteiger partial charge is 0.251 e. The van der Waals surface area contributed by atoms with E-state index in [9.17, 15) is 10.1 Å². The van der Waals surface area contributed by atoms with Crippen molar-refractivity contribution in [2.24, 2.45) is 0 Å². The minimum atomic E-state index is -0.521. The Hall–Kier alpha value is -2.69. The molecule has 7 heteroatoms. The van der Waals surface area contributed by atoms with Crippen LogP contribution in [0.1, 0.15) is 25.3 Å². The number of hydrogen-bond donors (Lipinski definition) is 2. The summed E-state index contributed by atoms with van der Waals surface area (Å²) in [4.78, 5) is 19.2. The number of pyridine rings is 1. The van der Waals surface area contributed by atoms with Gasteiger partial charge in [0.15, 0.2) is 6.10 Å². The predicted molar refractivity (Wildman–Crippen MR) is 107 cm³/mol. The topological polar surface area (TPSA) is 90.3 Å². The number of amides is 1. The lowest BCUT2D eigenvalue weighted by atomic mass is 10.1. The monoisotopic (exact) mass is 379 g/mol. The number of nitrogens with zero attached hydrogens (tertiary/aromatic N) is 3. The average molecular weight is 379 g/mol. The van der Waals surface area contributed by atoms with Crippen LogP contribution in [0.25, 0.3) is 10.9 Å². The average Bonchev–Trinajstić information content (AvgIpc) is 3.24. The van der Waals surface area contributed by atoms with Gasteiger partial charge in [0.25, 0.3) is 5.91 Å². The summed E-state index contributed by atoms with van der Waals surface area (Å²) in [5.41, 5.74) is 2.22. The fourth-order valence-electron chi connectivity index (χ4n) is 4.09. The van der Waals surface area contributed by atoms with Crippen LogP contribution < -0.4 is 15.5 Å². The highest BCUT2D eigenvalue weighted by Crippen LogP contribution is 2.30. The van der Waals surface area contributed by atoms with Crippen LogP contribution in [0.2, 0.25) is 0 Å². The van der Waals surface area contributed by atoms with Gasteiger partial charge in [-0.05, 0) is 50.6 Å². The van der Waals surface area contributed by atoms with Gasteiger partial charge in [0.05, 0.1) is 23.7 Å². The van der Waals surface area contributed by atoms with Gasteiger partial charge in [-0.25, -0.2) is 0 Å². The van der Waals surface area contributed by atoms with Gasteiger partial charge in [-0.3, -0.25) is 9.78 Å². The van der Waals surface area contributed by atoms with Gasteiger partial charge < -0.3 is 20.3 Å². The first-order valence-corrected chi connectivity index (χ1v) is 9.85. The second-order valence-electron chi connectivity index (χ2n) is 7.52. The van der Waals surface area contributed by atoms with E-state index < -0.39 is 6.10 Å². The summed E-state index contributed by atoms with van der Waals surface area (Å²) in [6.07, 6.45) is 3.36. The van der Waals surface area contributed by atoms with E-state index in [-0.39, 0.29) is 12.0 Å². The van der Waals surface area contributed by atoms with Crippen molar-refractivity contribution < 1.29 is 9.53 Å². The fraction of sp³-hybridized carbons (Fsp3) is 0.476. The highest BCUT2D eigenvalue weighted by molar-refractivity contribution is 5.95. The molecule has 0 saturated carbocycles. The summed E-state index contributed by atoms with van der Waals surface area (Å²) in [5, 5.41) is 16.7. The molecule has 146 valence electrons. The summed E-state index contributed by atoms with van der Waals surface area (Å²) in [6, 6.07) is 10.1. The Kier molecular flexibility index (Phi) is 5.42. The molecule has 2 fully saturated rings. The normalized spacial score (nSPS) is 24.9. The van der Waals surface area contributed by atoms with Gasteiger partial charge in [0, 0.05) is 36.4 Å². The SMILES string of the molecule is C[C@@H]1CN(c2ccc(C#N)c3ncccc23)C[C@H](C(=O)NC[C@@H]2CCCN2)O1. The molecular formula is C21H25N5O2. The molecule has 1 aromatic heterocycles. The molecule has 7 nitrogen and oxygen atoms in total. The van der Waals surface area contributed by atoms with E-state index in [0.717, 1.165) is 30.5 Å². The third kappa shape index (κ3) is 3.79. The van der Waals surface area contributed by atoms with Crippen molar-refractivity contribution in [3.63, 3.8) is 0 Å². The molecule has 3 heterocycles. The molecule has 2 aliphatic rings. The van der Waals surface area contributed by atoms with Gasteiger partial charge >= 0.3 is 0 Å². The van der Waals surface area contributed by atoms with E-state index in [1.54, 1.807) is 12.3 Å². The van der Waals surface area contributed by atoms with Crippen LogP contribution in [-0.4, -0.2) is 55.3 Å². The van der Waals surface area contributed by atoms with Gasteiger partial charge in [-0.2, -0.15) is 5.26 Å². The van der Waals surface area contributed by atoms with Gasteiger partial charge in [-0.15, -0.1) is 0 Å². The lowest BCUT2D eigenvalue weighted by Crippen LogP contribution is -2.54. The molecule has 0 spiro atoms. The highest BCUT2D eigenvalue weighted by atomic mass is 16.5. The Bertz CT molecular complexity index is 903. The molecule has 0 radical (unpaired) electrons. The number of ether oxygens (including phenoxy) is 1. The largest absolute Gasteiger partial charge is 0.365 e. The molecular weight excluding hydrogens is 354 g/mol. The Morgan fingerprint density at radius 2 is 2.32 bits per heavy atom. The first kappa shape index (κ1) is 18.7. The van der Waals surface area contributed by atoms with Crippen LogP contribution in [0.3, 0.4) is 0 Å². The third-order valence-electron chi connectivity index (χ3n) is 5.45. The molecule has 2 aromatic rings. The van der Waals surface area contributed by atoms with Crippen molar-refractivity contribution in [3.05, 3.63) is 36.0 Å². The van der Waals surface area contributed by atoms with E-state index >= 15 is 0 Å². The highest BCUT2D eigenvalue weighted by Gasteiger charge is 2.31. The van der Waals surface area contributed by atoms with Crippen molar-refractivity contribution in [3.8, 4) is 6.07 Å². The maximum atomic E-state index is 12.7. The van der Waals surface area contributed by atoms with E-state index in [4.69, 9.17) is 4.74 Å².